The number of benzene rings is 2. The molecule has 0 atom stereocenters. The molecule has 172 valence electrons. The summed E-state index contributed by atoms with van der Waals surface area (Å²) in [6, 6.07) is 12.5. The number of para-hydroxylation sites is 2. The Labute approximate surface area is 197 Å². The van der Waals surface area contributed by atoms with Crippen LogP contribution in [-0.2, 0) is 9.59 Å². The molecule has 0 aliphatic carbocycles. The van der Waals surface area contributed by atoms with Gasteiger partial charge in [-0.15, -0.1) is 0 Å². The largest absolute Gasteiger partial charge is 0.492 e. The van der Waals surface area contributed by atoms with E-state index in [-0.39, 0.29) is 44.8 Å². The fourth-order valence-corrected chi connectivity index (χ4v) is 3.54. The zero-order valence-corrected chi connectivity index (χ0v) is 18.4. The number of hydrogen-bond acceptors (Lipinski definition) is 7. The summed E-state index contributed by atoms with van der Waals surface area (Å²) < 4.78 is 11.1. The van der Waals surface area contributed by atoms with Crippen LogP contribution in [0.3, 0.4) is 0 Å². The lowest BCUT2D eigenvalue weighted by Crippen LogP contribution is -2.54. The van der Waals surface area contributed by atoms with Gasteiger partial charge in [-0.2, -0.15) is 0 Å². The molecular formula is C23H16ClN3O7. The summed E-state index contributed by atoms with van der Waals surface area (Å²) in [4.78, 5) is 49.6. The Kier molecular flexibility index (Phi) is 6.15. The van der Waals surface area contributed by atoms with E-state index in [1.807, 2.05) is 0 Å². The second-order valence-electron chi connectivity index (χ2n) is 6.98. The molecule has 1 aliphatic heterocycles. The number of ether oxygens (including phenoxy) is 1. The van der Waals surface area contributed by atoms with Crippen LogP contribution < -0.4 is 15.0 Å². The van der Waals surface area contributed by atoms with Crippen LogP contribution in [0.2, 0.25) is 5.02 Å². The van der Waals surface area contributed by atoms with Gasteiger partial charge in [-0.1, -0.05) is 23.7 Å². The number of nitrogens with zero attached hydrogens (tertiary/aromatic N) is 2. The lowest BCUT2D eigenvalue weighted by Gasteiger charge is -2.27. The molecule has 0 radical (unpaired) electrons. The van der Waals surface area contributed by atoms with Crippen LogP contribution >= 0.6 is 11.6 Å². The number of imide groups is 2. The fourth-order valence-electron chi connectivity index (χ4n) is 3.38. The summed E-state index contributed by atoms with van der Waals surface area (Å²) in [5.74, 6) is -1.29. The molecule has 4 rings (SSSR count). The van der Waals surface area contributed by atoms with E-state index in [1.165, 1.54) is 36.4 Å². The van der Waals surface area contributed by atoms with Crippen LogP contribution in [0.4, 0.5) is 16.2 Å². The molecule has 1 N–H and O–H groups in total. The average molecular weight is 482 g/mol. The van der Waals surface area contributed by atoms with Crippen molar-refractivity contribution in [3.63, 3.8) is 0 Å². The quantitative estimate of drug-likeness (QED) is 0.236. The molecular weight excluding hydrogens is 466 g/mol. The van der Waals surface area contributed by atoms with Crippen molar-refractivity contribution in [1.29, 1.82) is 0 Å². The molecule has 4 amide bonds. The van der Waals surface area contributed by atoms with Crippen LogP contribution in [-0.4, -0.2) is 29.4 Å². The normalized spacial score (nSPS) is 14.9. The SMILES string of the molecule is CCOc1ccccc1N1C(=O)NC(=O)/C(=C\c2ccc(-c3ccc(Cl)cc3[N+](=O)[O-])o2)C1=O. The number of urea groups is 1. The molecule has 1 saturated heterocycles. The van der Waals surface area contributed by atoms with E-state index < -0.39 is 22.8 Å². The van der Waals surface area contributed by atoms with Crippen molar-refractivity contribution in [3.05, 3.63) is 81.1 Å². The van der Waals surface area contributed by atoms with E-state index in [0.29, 0.717) is 6.61 Å². The highest BCUT2D eigenvalue weighted by Crippen LogP contribution is 2.35. The number of hydrogen-bond donors (Lipinski definition) is 1. The molecule has 0 saturated carbocycles. The van der Waals surface area contributed by atoms with Gasteiger partial charge in [0.05, 0.1) is 22.8 Å². The van der Waals surface area contributed by atoms with Crippen LogP contribution in [0.1, 0.15) is 12.7 Å². The third kappa shape index (κ3) is 4.26. The minimum absolute atomic E-state index is 0.0742. The van der Waals surface area contributed by atoms with Gasteiger partial charge in [0.25, 0.3) is 17.5 Å². The predicted octanol–water partition coefficient (Wildman–Crippen LogP) is 4.57. The van der Waals surface area contributed by atoms with Crippen LogP contribution in [0.5, 0.6) is 5.75 Å². The summed E-state index contributed by atoms with van der Waals surface area (Å²) in [5.41, 5.74) is -0.294. The van der Waals surface area contributed by atoms with E-state index in [4.69, 9.17) is 20.8 Å². The molecule has 0 bridgehead atoms. The molecule has 10 nitrogen and oxygen atoms in total. The summed E-state index contributed by atoms with van der Waals surface area (Å²) in [6.07, 6.45) is 1.16. The van der Waals surface area contributed by atoms with Gasteiger partial charge in [0, 0.05) is 11.1 Å². The first-order chi connectivity index (χ1) is 16.3. The zero-order chi connectivity index (χ0) is 24.4. The van der Waals surface area contributed by atoms with Crippen molar-refractivity contribution in [2.75, 3.05) is 11.5 Å². The number of nitro benzene ring substituents is 1. The van der Waals surface area contributed by atoms with Crippen molar-refractivity contribution in [1.82, 2.24) is 5.32 Å². The number of carbonyl (C=O) groups excluding carboxylic acids is 3. The van der Waals surface area contributed by atoms with Crippen molar-refractivity contribution < 1.29 is 28.5 Å². The van der Waals surface area contributed by atoms with Gasteiger partial charge in [0.1, 0.15) is 22.8 Å². The maximum absolute atomic E-state index is 13.1. The van der Waals surface area contributed by atoms with Crippen LogP contribution in [0.25, 0.3) is 17.4 Å². The highest BCUT2D eigenvalue weighted by molar-refractivity contribution is 6.39. The maximum atomic E-state index is 13.1. The Morgan fingerprint density at radius 3 is 2.65 bits per heavy atom. The predicted molar refractivity (Wildman–Crippen MR) is 122 cm³/mol. The monoisotopic (exact) mass is 481 g/mol. The first kappa shape index (κ1) is 22.7. The molecule has 2 aromatic carbocycles. The highest BCUT2D eigenvalue weighted by Gasteiger charge is 2.38. The average Bonchev–Trinajstić information content (AvgIpc) is 3.26. The molecule has 1 aliphatic rings. The van der Waals surface area contributed by atoms with Gasteiger partial charge in [0.2, 0.25) is 0 Å². The lowest BCUT2D eigenvalue weighted by molar-refractivity contribution is -0.384. The Hall–Kier alpha value is -4.44. The van der Waals surface area contributed by atoms with Gasteiger partial charge in [-0.05, 0) is 49.4 Å². The number of anilines is 1. The van der Waals surface area contributed by atoms with Gasteiger partial charge in [-0.25, -0.2) is 9.69 Å². The van der Waals surface area contributed by atoms with Gasteiger partial charge >= 0.3 is 6.03 Å². The number of nitro groups is 1. The number of halogens is 1. The minimum Gasteiger partial charge on any atom is -0.492 e. The Morgan fingerprint density at radius 1 is 1.15 bits per heavy atom. The fraction of sp³-hybridized carbons (Fsp3) is 0.0870. The third-order valence-electron chi connectivity index (χ3n) is 4.84. The first-order valence-corrected chi connectivity index (χ1v) is 10.4. The van der Waals surface area contributed by atoms with Crippen molar-refractivity contribution in [2.45, 2.75) is 6.92 Å². The molecule has 1 fully saturated rings. The molecule has 3 aromatic rings. The van der Waals surface area contributed by atoms with E-state index >= 15 is 0 Å². The molecule has 0 unspecified atom stereocenters. The van der Waals surface area contributed by atoms with E-state index in [9.17, 15) is 24.5 Å². The molecule has 2 heterocycles. The highest BCUT2D eigenvalue weighted by atomic mass is 35.5. The minimum atomic E-state index is -0.920. The molecule has 11 heteroatoms. The number of rotatable bonds is 6. The van der Waals surface area contributed by atoms with Crippen LogP contribution in [0, 0.1) is 10.1 Å². The summed E-state index contributed by atoms with van der Waals surface area (Å²) in [5, 5.41) is 13.7. The first-order valence-electron chi connectivity index (χ1n) is 9.97. The molecule has 1 aromatic heterocycles. The molecule has 34 heavy (non-hydrogen) atoms. The lowest BCUT2D eigenvalue weighted by atomic mass is 10.1. The number of furan rings is 1. The summed E-state index contributed by atoms with van der Waals surface area (Å²) >= 11 is 5.85. The summed E-state index contributed by atoms with van der Waals surface area (Å²) in [6.45, 7) is 2.05. The number of amides is 4. The Balaban J connectivity index is 1.71. The van der Waals surface area contributed by atoms with Crippen molar-refractivity contribution >= 4 is 46.9 Å². The number of nitrogens with one attached hydrogen (secondary N) is 1. The number of carbonyl (C=O) groups is 3. The third-order valence-corrected chi connectivity index (χ3v) is 5.08. The van der Waals surface area contributed by atoms with Crippen LogP contribution in [0.15, 0.2) is 64.6 Å². The van der Waals surface area contributed by atoms with Crippen molar-refractivity contribution in [2.24, 2.45) is 0 Å². The molecule has 0 spiro atoms. The Bertz CT molecular complexity index is 1360. The standard InChI is InChI=1S/C23H16ClN3O7/c1-2-33-20-6-4-3-5-17(20)26-22(29)16(21(28)25-23(26)30)12-14-8-10-19(34-14)15-9-7-13(24)11-18(15)27(31)32/h3-12H,2H2,1H3,(H,25,28,30)/b16-12+. The van der Waals surface area contributed by atoms with E-state index in [0.717, 1.165) is 11.0 Å². The smallest absolute Gasteiger partial charge is 0.336 e. The van der Waals surface area contributed by atoms with E-state index in [2.05, 4.69) is 5.32 Å². The van der Waals surface area contributed by atoms with Gasteiger partial charge < -0.3 is 9.15 Å². The Morgan fingerprint density at radius 2 is 1.91 bits per heavy atom. The number of barbiturate groups is 1. The zero-order valence-electron chi connectivity index (χ0n) is 17.6. The second-order valence-corrected chi connectivity index (χ2v) is 7.42. The summed E-state index contributed by atoms with van der Waals surface area (Å²) in [7, 11) is 0. The van der Waals surface area contributed by atoms with Gasteiger partial charge in [0.15, 0.2) is 0 Å². The van der Waals surface area contributed by atoms with Crippen molar-refractivity contribution in [3.8, 4) is 17.1 Å². The second kappa shape index (κ2) is 9.20. The maximum Gasteiger partial charge on any atom is 0.336 e. The topological polar surface area (TPSA) is 132 Å². The van der Waals surface area contributed by atoms with E-state index in [1.54, 1.807) is 25.1 Å². The van der Waals surface area contributed by atoms with Gasteiger partial charge in [-0.3, -0.25) is 25.0 Å².